The Morgan fingerprint density at radius 3 is 2.69 bits per heavy atom. The predicted octanol–water partition coefficient (Wildman–Crippen LogP) is 4.78. The quantitative estimate of drug-likeness (QED) is 0.540. The number of benzene rings is 2. The lowest BCUT2D eigenvalue weighted by molar-refractivity contribution is -0.113. The minimum absolute atomic E-state index is 0.0232. The highest BCUT2D eigenvalue weighted by Crippen LogP contribution is 2.29. The molecule has 0 aliphatic rings. The number of para-hydroxylation sites is 1. The second kappa shape index (κ2) is 8.59. The summed E-state index contributed by atoms with van der Waals surface area (Å²) >= 11 is 1.17. The fourth-order valence-corrected chi connectivity index (χ4v) is 4.49. The van der Waals surface area contributed by atoms with Crippen LogP contribution in [0.3, 0.4) is 0 Å². The van der Waals surface area contributed by atoms with Gasteiger partial charge in [-0.25, -0.2) is 13.4 Å². The Morgan fingerprint density at radius 2 is 2.00 bits per heavy atom. The molecule has 3 aromatic rings. The minimum atomic E-state index is -3.31. The molecule has 0 radical (unpaired) electrons. The molecule has 1 heterocycles. The number of nitrogens with zero attached hydrogens (tertiary/aromatic N) is 1. The van der Waals surface area contributed by atoms with Crippen LogP contribution in [0.25, 0.3) is 11.1 Å². The van der Waals surface area contributed by atoms with E-state index in [9.17, 15) is 13.2 Å². The van der Waals surface area contributed by atoms with E-state index in [4.69, 9.17) is 4.42 Å². The first-order chi connectivity index (χ1) is 13.7. The third-order valence-electron chi connectivity index (χ3n) is 4.60. The van der Waals surface area contributed by atoms with E-state index < -0.39 is 9.84 Å². The Kier molecular flexibility index (Phi) is 6.33. The Bertz CT molecular complexity index is 1150. The molecule has 0 saturated heterocycles. The van der Waals surface area contributed by atoms with Gasteiger partial charge in [0.1, 0.15) is 5.52 Å². The first-order valence-corrected chi connectivity index (χ1v) is 12.0. The van der Waals surface area contributed by atoms with Crippen molar-refractivity contribution in [1.82, 2.24) is 4.98 Å². The molecule has 1 N–H and O–H groups in total. The van der Waals surface area contributed by atoms with E-state index >= 15 is 0 Å². The molecule has 1 amide bonds. The van der Waals surface area contributed by atoms with Crippen molar-refractivity contribution in [3.63, 3.8) is 0 Å². The van der Waals surface area contributed by atoms with Crippen molar-refractivity contribution < 1.29 is 17.6 Å². The molecule has 1 aromatic heterocycles. The van der Waals surface area contributed by atoms with Crippen LogP contribution < -0.4 is 5.32 Å². The summed E-state index contributed by atoms with van der Waals surface area (Å²) in [7, 11) is -3.31. The molecule has 0 spiro atoms. The molecule has 2 aromatic carbocycles. The van der Waals surface area contributed by atoms with Crippen molar-refractivity contribution in [1.29, 1.82) is 0 Å². The Morgan fingerprint density at radius 1 is 1.24 bits per heavy atom. The number of oxazole rings is 1. The van der Waals surface area contributed by atoms with Crippen LogP contribution in [0.5, 0.6) is 0 Å². The molecule has 0 fully saturated rings. The average Bonchev–Trinajstić information content (AvgIpc) is 3.10. The van der Waals surface area contributed by atoms with Crippen LogP contribution in [0.1, 0.15) is 37.8 Å². The largest absolute Gasteiger partial charge is 0.431 e. The van der Waals surface area contributed by atoms with Crippen LogP contribution in [-0.2, 0) is 14.6 Å². The number of carbonyl (C=O) groups is 1. The summed E-state index contributed by atoms with van der Waals surface area (Å²) in [5, 5.41) is 3.32. The topological polar surface area (TPSA) is 89.3 Å². The maximum absolute atomic E-state index is 12.5. The lowest BCUT2D eigenvalue weighted by Gasteiger charge is -2.16. The zero-order valence-corrected chi connectivity index (χ0v) is 18.5. The zero-order valence-electron chi connectivity index (χ0n) is 16.9. The number of aromatic nitrogens is 1. The number of hydrogen-bond acceptors (Lipinski definition) is 6. The van der Waals surface area contributed by atoms with Crippen molar-refractivity contribution in [3.05, 3.63) is 47.5 Å². The van der Waals surface area contributed by atoms with Gasteiger partial charge in [-0.2, -0.15) is 0 Å². The molecule has 3 rings (SSSR count). The van der Waals surface area contributed by atoms with Crippen LogP contribution in [0, 0.1) is 6.92 Å². The molecule has 154 valence electrons. The summed E-state index contributed by atoms with van der Waals surface area (Å²) in [5.41, 5.74) is 3.91. The molecular weight excluding hydrogens is 408 g/mol. The molecule has 8 heteroatoms. The number of hydrogen-bond donors (Lipinski definition) is 1. The molecule has 0 atom stereocenters. The SMILES string of the molecule is CCS(=O)(=O)c1ccc2oc(SCC(=O)Nc3c(C)cccc3C(C)C)nc2c1. The fourth-order valence-electron chi connectivity index (χ4n) is 2.95. The summed E-state index contributed by atoms with van der Waals surface area (Å²) in [6, 6.07) is 10.6. The number of amides is 1. The number of carbonyl (C=O) groups excluding carboxylic acids is 1. The summed E-state index contributed by atoms with van der Waals surface area (Å²) in [6.07, 6.45) is 0. The van der Waals surface area contributed by atoms with Gasteiger partial charge in [0, 0.05) is 5.69 Å². The Labute approximate surface area is 175 Å². The van der Waals surface area contributed by atoms with Gasteiger partial charge in [-0.3, -0.25) is 4.79 Å². The number of fused-ring (bicyclic) bond motifs is 1. The van der Waals surface area contributed by atoms with E-state index in [1.54, 1.807) is 13.0 Å². The maximum Gasteiger partial charge on any atom is 0.257 e. The van der Waals surface area contributed by atoms with Crippen LogP contribution in [-0.4, -0.2) is 30.8 Å². The van der Waals surface area contributed by atoms with Crippen molar-refractivity contribution in [2.24, 2.45) is 0 Å². The molecule has 0 unspecified atom stereocenters. The first kappa shape index (κ1) is 21.4. The molecule has 0 saturated carbocycles. The minimum Gasteiger partial charge on any atom is -0.431 e. The lowest BCUT2D eigenvalue weighted by atomic mass is 9.98. The van der Waals surface area contributed by atoms with E-state index in [-0.39, 0.29) is 22.3 Å². The molecule has 0 aliphatic carbocycles. The third-order valence-corrected chi connectivity index (χ3v) is 7.16. The van der Waals surface area contributed by atoms with E-state index in [1.807, 2.05) is 25.1 Å². The number of anilines is 1. The van der Waals surface area contributed by atoms with E-state index in [2.05, 4.69) is 24.1 Å². The Hall–Kier alpha value is -2.32. The van der Waals surface area contributed by atoms with Crippen molar-refractivity contribution in [2.75, 3.05) is 16.8 Å². The van der Waals surface area contributed by atoms with Crippen molar-refractivity contribution in [2.45, 2.75) is 43.7 Å². The van der Waals surface area contributed by atoms with E-state index in [0.717, 1.165) is 16.8 Å². The smallest absolute Gasteiger partial charge is 0.257 e. The van der Waals surface area contributed by atoms with Crippen molar-refractivity contribution >= 4 is 44.3 Å². The number of sulfone groups is 1. The summed E-state index contributed by atoms with van der Waals surface area (Å²) in [5.74, 6) is 0.306. The molecule has 29 heavy (non-hydrogen) atoms. The molecule has 6 nitrogen and oxygen atoms in total. The third kappa shape index (κ3) is 4.82. The second-order valence-electron chi connectivity index (χ2n) is 7.04. The Balaban J connectivity index is 1.72. The average molecular weight is 433 g/mol. The van der Waals surface area contributed by atoms with Gasteiger partial charge in [-0.1, -0.05) is 50.7 Å². The molecule has 0 bridgehead atoms. The monoisotopic (exact) mass is 432 g/mol. The van der Waals surface area contributed by atoms with Crippen LogP contribution in [0.4, 0.5) is 5.69 Å². The van der Waals surface area contributed by atoms with Gasteiger partial charge in [0.15, 0.2) is 15.4 Å². The molecule has 0 aliphatic heterocycles. The van der Waals surface area contributed by atoms with Crippen LogP contribution in [0.2, 0.25) is 0 Å². The highest BCUT2D eigenvalue weighted by atomic mass is 32.2. The summed E-state index contributed by atoms with van der Waals surface area (Å²) in [6.45, 7) is 7.74. The van der Waals surface area contributed by atoms with E-state index in [0.29, 0.717) is 22.2 Å². The number of aryl methyl sites for hydroxylation is 1. The van der Waals surface area contributed by atoms with Crippen LogP contribution >= 0.6 is 11.8 Å². The van der Waals surface area contributed by atoms with Gasteiger partial charge >= 0.3 is 0 Å². The fraction of sp³-hybridized carbons (Fsp3) is 0.333. The zero-order chi connectivity index (χ0) is 21.2. The first-order valence-electron chi connectivity index (χ1n) is 9.36. The van der Waals surface area contributed by atoms with Gasteiger partial charge in [-0.05, 0) is 42.2 Å². The van der Waals surface area contributed by atoms with Gasteiger partial charge in [0.05, 0.1) is 16.4 Å². The predicted molar refractivity (Wildman–Crippen MR) is 116 cm³/mol. The lowest BCUT2D eigenvalue weighted by Crippen LogP contribution is -2.16. The highest BCUT2D eigenvalue weighted by Gasteiger charge is 2.16. The number of rotatable bonds is 7. The summed E-state index contributed by atoms with van der Waals surface area (Å²) in [4.78, 5) is 17.0. The standard InChI is InChI=1S/C21H24N2O4S2/c1-5-29(25,26)15-9-10-18-17(11-15)22-21(27-18)28-12-19(24)23-20-14(4)7-6-8-16(20)13(2)3/h6-11,13H,5,12H2,1-4H3,(H,23,24). The van der Waals surface area contributed by atoms with Crippen LogP contribution in [0.15, 0.2) is 50.9 Å². The molecular formula is C21H24N2O4S2. The second-order valence-corrected chi connectivity index (χ2v) is 10.2. The van der Waals surface area contributed by atoms with Gasteiger partial charge < -0.3 is 9.73 Å². The van der Waals surface area contributed by atoms with E-state index in [1.165, 1.54) is 23.9 Å². The maximum atomic E-state index is 12.5. The number of thioether (sulfide) groups is 1. The van der Waals surface area contributed by atoms with Gasteiger partial charge in [0.25, 0.3) is 5.22 Å². The van der Waals surface area contributed by atoms with Gasteiger partial charge in [-0.15, -0.1) is 0 Å². The normalized spacial score (nSPS) is 11.9. The van der Waals surface area contributed by atoms with Crippen molar-refractivity contribution in [3.8, 4) is 0 Å². The van der Waals surface area contributed by atoms with Gasteiger partial charge in [0.2, 0.25) is 5.91 Å². The summed E-state index contributed by atoms with van der Waals surface area (Å²) < 4.78 is 29.7. The highest BCUT2D eigenvalue weighted by molar-refractivity contribution is 7.99. The number of nitrogens with one attached hydrogen (secondary N) is 1.